The van der Waals surface area contributed by atoms with Crippen molar-refractivity contribution in [1.82, 2.24) is 10.2 Å². The minimum absolute atomic E-state index is 0.0594. The zero-order valence-corrected chi connectivity index (χ0v) is 16.9. The van der Waals surface area contributed by atoms with Gasteiger partial charge < -0.3 is 10.2 Å². The molecule has 3 aliphatic rings. The minimum Gasteiger partial charge on any atom is -0.328 e. The molecule has 1 heterocycles. The Morgan fingerprint density at radius 1 is 1.18 bits per heavy atom. The number of piperidine rings is 1. The van der Waals surface area contributed by atoms with Gasteiger partial charge in [0.1, 0.15) is 0 Å². The SMILES string of the molecule is CC(C)CC(F)(F)C[C@H](NC(=O)N1CCCC2(CC2)C1)C(=O)CC1(C#N)CC1. The molecule has 1 saturated heterocycles. The molecule has 0 aromatic heterocycles. The Morgan fingerprint density at radius 3 is 2.39 bits per heavy atom. The molecule has 0 radical (unpaired) electrons. The zero-order chi connectivity index (χ0) is 20.6. The normalized spacial score (nSPS) is 23.2. The Labute approximate surface area is 165 Å². The third kappa shape index (κ3) is 5.21. The summed E-state index contributed by atoms with van der Waals surface area (Å²) in [5.41, 5.74) is -0.494. The zero-order valence-electron chi connectivity index (χ0n) is 16.9. The van der Waals surface area contributed by atoms with Crippen LogP contribution in [-0.4, -0.2) is 41.8 Å². The molecule has 0 bridgehead atoms. The van der Waals surface area contributed by atoms with Gasteiger partial charge in [0.2, 0.25) is 0 Å². The number of likely N-dealkylation sites (tertiary alicyclic amines) is 1. The van der Waals surface area contributed by atoms with E-state index in [1.165, 1.54) is 0 Å². The van der Waals surface area contributed by atoms with Crippen LogP contribution in [0.4, 0.5) is 13.6 Å². The van der Waals surface area contributed by atoms with Crippen LogP contribution >= 0.6 is 0 Å². The lowest BCUT2D eigenvalue weighted by atomic mass is 9.91. The van der Waals surface area contributed by atoms with Crippen LogP contribution in [-0.2, 0) is 4.79 Å². The molecule has 0 aromatic carbocycles. The van der Waals surface area contributed by atoms with Gasteiger partial charge in [0.05, 0.1) is 17.5 Å². The number of carbonyl (C=O) groups is 2. The van der Waals surface area contributed by atoms with Gasteiger partial charge in [-0.15, -0.1) is 0 Å². The van der Waals surface area contributed by atoms with Crippen LogP contribution in [0.15, 0.2) is 0 Å². The molecule has 28 heavy (non-hydrogen) atoms. The molecule has 0 unspecified atom stereocenters. The summed E-state index contributed by atoms with van der Waals surface area (Å²) >= 11 is 0. The average molecular weight is 395 g/mol. The summed E-state index contributed by atoms with van der Waals surface area (Å²) in [4.78, 5) is 27.2. The molecule has 156 valence electrons. The Hall–Kier alpha value is -1.71. The summed E-state index contributed by atoms with van der Waals surface area (Å²) in [7, 11) is 0. The van der Waals surface area contributed by atoms with Gasteiger partial charge in [-0.25, -0.2) is 13.6 Å². The van der Waals surface area contributed by atoms with Crippen molar-refractivity contribution in [2.24, 2.45) is 16.7 Å². The van der Waals surface area contributed by atoms with E-state index in [-0.39, 0.29) is 24.2 Å². The van der Waals surface area contributed by atoms with Crippen molar-refractivity contribution >= 4 is 11.8 Å². The van der Waals surface area contributed by atoms with Crippen molar-refractivity contribution in [3.05, 3.63) is 0 Å². The summed E-state index contributed by atoms with van der Waals surface area (Å²) in [5, 5.41) is 11.8. The van der Waals surface area contributed by atoms with Crippen molar-refractivity contribution in [2.45, 2.75) is 83.6 Å². The van der Waals surface area contributed by atoms with Gasteiger partial charge in [0.25, 0.3) is 5.92 Å². The van der Waals surface area contributed by atoms with Crippen LogP contribution < -0.4 is 5.32 Å². The molecule has 2 amide bonds. The van der Waals surface area contributed by atoms with Crippen molar-refractivity contribution in [2.75, 3.05) is 13.1 Å². The van der Waals surface area contributed by atoms with Crippen LogP contribution in [0.5, 0.6) is 0 Å². The first-order chi connectivity index (χ1) is 13.1. The van der Waals surface area contributed by atoms with Gasteiger partial charge in [-0.1, -0.05) is 13.8 Å². The highest BCUT2D eigenvalue weighted by molar-refractivity contribution is 5.89. The fourth-order valence-electron chi connectivity index (χ4n) is 4.37. The summed E-state index contributed by atoms with van der Waals surface area (Å²) in [5.74, 6) is -3.70. The molecule has 0 aromatic rings. The fraction of sp³-hybridized carbons (Fsp3) is 0.857. The fourth-order valence-corrected chi connectivity index (χ4v) is 4.37. The van der Waals surface area contributed by atoms with E-state index in [1.807, 2.05) is 0 Å². The smallest absolute Gasteiger partial charge is 0.318 e. The maximum absolute atomic E-state index is 14.5. The number of amides is 2. The Balaban J connectivity index is 1.67. The Bertz CT molecular complexity index is 663. The highest BCUT2D eigenvalue weighted by Crippen LogP contribution is 2.52. The number of alkyl halides is 2. The first-order valence-corrected chi connectivity index (χ1v) is 10.4. The molecule has 1 N–H and O–H groups in total. The Morgan fingerprint density at radius 2 is 1.86 bits per heavy atom. The standard InChI is InChI=1S/C21H31F2N3O2/c1-15(2)10-21(22,23)11-16(17(27)12-20(13-24)7-8-20)25-18(28)26-9-3-4-19(14-26)5-6-19/h15-16H,3-12,14H2,1-2H3,(H,25,28)/t16-/m0/s1. The first-order valence-electron chi connectivity index (χ1n) is 10.4. The molecule has 5 nitrogen and oxygen atoms in total. The molecule has 1 atom stereocenters. The second kappa shape index (κ2) is 7.61. The quantitative estimate of drug-likeness (QED) is 0.667. The predicted molar refractivity (Wildman–Crippen MR) is 101 cm³/mol. The molecule has 3 fully saturated rings. The van der Waals surface area contributed by atoms with Crippen molar-refractivity contribution in [3.8, 4) is 6.07 Å². The summed E-state index contributed by atoms with van der Waals surface area (Å²) in [6.07, 6.45) is 4.38. The van der Waals surface area contributed by atoms with Crippen LogP contribution in [0, 0.1) is 28.1 Å². The van der Waals surface area contributed by atoms with E-state index in [4.69, 9.17) is 0 Å². The molecule has 2 aliphatic carbocycles. The lowest BCUT2D eigenvalue weighted by Gasteiger charge is -2.34. The molecule has 1 aliphatic heterocycles. The van der Waals surface area contributed by atoms with E-state index in [9.17, 15) is 23.6 Å². The second-order valence-corrected chi connectivity index (χ2v) is 9.72. The minimum atomic E-state index is -3.04. The summed E-state index contributed by atoms with van der Waals surface area (Å²) < 4.78 is 28.9. The third-order valence-electron chi connectivity index (χ3n) is 6.41. The average Bonchev–Trinajstić information content (AvgIpc) is 3.52. The van der Waals surface area contributed by atoms with Gasteiger partial charge in [-0.2, -0.15) is 5.26 Å². The van der Waals surface area contributed by atoms with Crippen molar-refractivity contribution in [1.29, 1.82) is 5.26 Å². The topological polar surface area (TPSA) is 73.2 Å². The number of urea groups is 1. The van der Waals surface area contributed by atoms with Gasteiger partial charge in [-0.3, -0.25) is 4.79 Å². The molecular formula is C21H31F2N3O2. The maximum atomic E-state index is 14.5. The molecule has 7 heteroatoms. The number of hydrogen-bond donors (Lipinski definition) is 1. The van der Waals surface area contributed by atoms with Crippen LogP contribution in [0.25, 0.3) is 0 Å². The molecule has 1 spiro atoms. The van der Waals surface area contributed by atoms with Gasteiger partial charge in [-0.05, 0) is 49.9 Å². The maximum Gasteiger partial charge on any atom is 0.318 e. The number of nitriles is 1. The largest absolute Gasteiger partial charge is 0.328 e. The van der Waals surface area contributed by atoms with Crippen molar-refractivity contribution < 1.29 is 18.4 Å². The highest BCUT2D eigenvalue weighted by Gasteiger charge is 2.49. The second-order valence-electron chi connectivity index (χ2n) is 9.72. The van der Waals surface area contributed by atoms with Gasteiger partial charge >= 0.3 is 6.03 Å². The van der Waals surface area contributed by atoms with Crippen LogP contribution in [0.1, 0.15) is 71.6 Å². The number of rotatable bonds is 8. The highest BCUT2D eigenvalue weighted by atomic mass is 19.3. The van der Waals surface area contributed by atoms with Gasteiger partial charge in [0.15, 0.2) is 5.78 Å². The van der Waals surface area contributed by atoms with E-state index < -0.39 is 35.6 Å². The number of halogens is 2. The lowest BCUT2D eigenvalue weighted by Crippen LogP contribution is -2.52. The van der Waals surface area contributed by atoms with E-state index >= 15 is 0 Å². The number of nitrogens with one attached hydrogen (secondary N) is 1. The molecular weight excluding hydrogens is 364 g/mol. The summed E-state index contributed by atoms with van der Waals surface area (Å²) in [6.45, 7) is 4.66. The number of nitrogens with zero attached hydrogens (tertiary/aromatic N) is 2. The monoisotopic (exact) mass is 395 g/mol. The summed E-state index contributed by atoms with van der Waals surface area (Å²) in [6, 6.07) is 0.467. The van der Waals surface area contributed by atoms with Gasteiger partial charge in [0, 0.05) is 32.4 Å². The lowest BCUT2D eigenvalue weighted by molar-refractivity contribution is -0.125. The van der Waals surface area contributed by atoms with Crippen LogP contribution in [0.3, 0.4) is 0 Å². The Kier molecular flexibility index (Phi) is 5.71. The van der Waals surface area contributed by atoms with Crippen LogP contribution in [0.2, 0.25) is 0 Å². The number of carbonyl (C=O) groups excluding carboxylic acids is 2. The third-order valence-corrected chi connectivity index (χ3v) is 6.41. The van der Waals surface area contributed by atoms with Crippen molar-refractivity contribution in [3.63, 3.8) is 0 Å². The first kappa shape index (κ1) is 21.0. The van der Waals surface area contributed by atoms with E-state index in [2.05, 4.69) is 11.4 Å². The molecule has 3 rings (SSSR count). The number of Topliss-reactive ketones (excluding diaryl/α,β-unsaturated/α-hetero) is 1. The van der Waals surface area contributed by atoms with E-state index in [0.717, 1.165) is 25.7 Å². The number of hydrogen-bond acceptors (Lipinski definition) is 3. The molecule has 2 saturated carbocycles. The van der Waals surface area contributed by atoms with E-state index in [0.29, 0.717) is 25.9 Å². The van der Waals surface area contributed by atoms with E-state index in [1.54, 1.807) is 18.7 Å². The predicted octanol–water partition coefficient (Wildman–Crippen LogP) is 4.28. The number of ketones is 1.